The second-order valence-corrected chi connectivity index (χ2v) is 7.86. The Labute approximate surface area is 165 Å². The Morgan fingerprint density at radius 2 is 2.07 bits per heavy atom. The van der Waals surface area contributed by atoms with E-state index in [1.165, 1.54) is 17.8 Å². The first-order chi connectivity index (χ1) is 13.4. The fourth-order valence-corrected chi connectivity index (χ4v) is 3.00. The summed E-state index contributed by atoms with van der Waals surface area (Å²) in [6, 6.07) is 0. The van der Waals surface area contributed by atoms with E-state index in [-0.39, 0.29) is 29.1 Å². The molecule has 1 fully saturated rings. The van der Waals surface area contributed by atoms with Crippen molar-refractivity contribution in [3.8, 4) is 11.5 Å². The molecule has 0 bridgehead atoms. The minimum Gasteiger partial charge on any atom is -0.444 e. The number of amides is 1. The number of carbonyl (C=O) groups excluding carboxylic acids is 1. The first kappa shape index (κ1) is 21.2. The van der Waals surface area contributed by atoms with Crippen LogP contribution in [-0.4, -0.2) is 38.0 Å². The normalized spacial score (nSPS) is 18.0. The molecule has 2 aromatic heterocycles. The van der Waals surface area contributed by atoms with Crippen molar-refractivity contribution in [3.63, 3.8) is 0 Å². The molecule has 3 heterocycles. The van der Waals surface area contributed by atoms with Crippen molar-refractivity contribution in [2.75, 3.05) is 11.9 Å². The first-order valence-corrected chi connectivity index (χ1v) is 9.29. The molecule has 0 aromatic carbocycles. The van der Waals surface area contributed by atoms with Gasteiger partial charge in [0.05, 0.1) is 17.6 Å². The van der Waals surface area contributed by atoms with E-state index < -0.39 is 23.6 Å². The van der Waals surface area contributed by atoms with Gasteiger partial charge in [-0.3, -0.25) is 5.32 Å². The molecule has 29 heavy (non-hydrogen) atoms. The van der Waals surface area contributed by atoms with Crippen LogP contribution in [-0.2, 0) is 15.7 Å². The van der Waals surface area contributed by atoms with E-state index >= 15 is 0 Å². The fourth-order valence-electron chi connectivity index (χ4n) is 3.00. The molecular weight excluding hydrogens is 391 g/mol. The third kappa shape index (κ3) is 5.08. The largest absolute Gasteiger partial charge is 0.444 e. The summed E-state index contributed by atoms with van der Waals surface area (Å²) in [7, 11) is 0. The summed E-state index contributed by atoms with van der Waals surface area (Å²) in [6.07, 6.45) is -1.61. The number of H-pyrrole nitrogens is 1. The van der Waals surface area contributed by atoms with Gasteiger partial charge in [0.1, 0.15) is 17.5 Å². The predicted molar refractivity (Wildman–Crippen MR) is 98.2 cm³/mol. The van der Waals surface area contributed by atoms with Gasteiger partial charge in [0.2, 0.25) is 0 Å². The molecule has 1 amide bonds. The number of carbonyl (C=O) groups is 1. The molecule has 11 heteroatoms. The standard InChI is InChI=1S/C18H24F3N5O3/c1-10-14(18(19,20)21)24-15(22-10)13-11(23-16(27)29-17(2,3)4)9-26(25-13)12-7-5-6-8-28-12/h9,12H,5-8H2,1-4H3,(H,22,24)(H,23,27). The highest BCUT2D eigenvalue weighted by Crippen LogP contribution is 2.34. The van der Waals surface area contributed by atoms with E-state index in [0.29, 0.717) is 13.0 Å². The first-order valence-electron chi connectivity index (χ1n) is 9.29. The molecule has 8 nitrogen and oxygen atoms in total. The zero-order chi connectivity index (χ0) is 21.4. The number of aromatic nitrogens is 4. The van der Waals surface area contributed by atoms with Gasteiger partial charge in [-0.2, -0.15) is 18.3 Å². The van der Waals surface area contributed by atoms with Gasteiger partial charge in [-0.15, -0.1) is 0 Å². The fraction of sp³-hybridized carbons (Fsp3) is 0.611. The lowest BCUT2D eigenvalue weighted by Crippen LogP contribution is -2.27. The third-order valence-corrected chi connectivity index (χ3v) is 4.21. The number of nitrogens with one attached hydrogen (secondary N) is 2. The minimum atomic E-state index is -4.58. The molecule has 1 atom stereocenters. The maximum Gasteiger partial charge on any atom is 0.433 e. The SMILES string of the molecule is Cc1nc(-c2nn(C3CCCCO3)cc2NC(=O)OC(C)(C)C)[nH]c1C(F)(F)F. The van der Waals surface area contributed by atoms with E-state index in [1.807, 2.05) is 0 Å². The number of hydrogen-bond donors (Lipinski definition) is 2. The number of imidazole rings is 1. The molecule has 0 radical (unpaired) electrons. The van der Waals surface area contributed by atoms with Gasteiger partial charge < -0.3 is 14.5 Å². The smallest absolute Gasteiger partial charge is 0.433 e. The summed E-state index contributed by atoms with van der Waals surface area (Å²) in [4.78, 5) is 18.5. The number of rotatable bonds is 3. The molecule has 1 saturated heterocycles. The second kappa shape index (κ2) is 7.69. The summed E-state index contributed by atoms with van der Waals surface area (Å²) >= 11 is 0. The number of ether oxygens (including phenoxy) is 2. The number of alkyl halides is 3. The van der Waals surface area contributed by atoms with E-state index in [9.17, 15) is 18.0 Å². The van der Waals surface area contributed by atoms with Crippen LogP contribution in [0.4, 0.5) is 23.7 Å². The Balaban J connectivity index is 1.97. The van der Waals surface area contributed by atoms with Crippen molar-refractivity contribution in [2.45, 2.75) is 65.0 Å². The van der Waals surface area contributed by atoms with Gasteiger partial charge in [0.15, 0.2) is 11.5 Å². The van der Waals surface area contributed by atoms with Gasteiger partial charge >= 0.3 is 12.3 Å². The Bertz CT molecular complexity index is 876. The summed E-state index contributed by atoms with van der Waals surface area (Å²) in [6.45, 7) is 6.94. The van der Waals surface area contributed by atoms with Crippen molar-refractivity contribution in [1.82, 2.24) is 19.7 Å². The minimum absolute atomic E-state index is 0.0728. The third-order valence-electron chi connectivity index (χ3n) is 4.21. The molecule has 1 aliphatic heterocycles. The number of anilines is 1. The van der Waals surface area contributed by atoms with Crippen molar-refractivity contribution in [2.24, 2.45) is 0 Å². The van der Waals surface area contributed by atoms with Gasteiger partial charge in [0, 0.05) is 6.61 Å². The van der Waals surface area contributed by atoms with Crippen LogP contribution in [0.5, 0.6) is 0 Å². The van der Waals surface area contributed by atoms with Crippen LogP contribution in [0.3, 0.4) is 0 Å². The van der Waals surface area contributed by atoms with E-state index in [0.717, 1.165) is 12.8 Å². The molecule has 3 rings (SSSR count). The Morgan fingerprint density at radius 3 is 2.62 bits per heavy atom. The summed E-state index contributed by atoms with van der Waals surface area (Å²) < 4.78 is 51.9. The molecule has 1 aliphatic rings. The van der Waals surface area contributed by atoms with Crippen LogP contribution in [0.15, 0.2) is 6.20 Å². The second-order valence-electron chi connectivity index (χ2n) is 7.86. The zero-order valence-corrected chi connectivity index (χ0v) is 16.7. The molecule has 2 N–H and O–H groups in total. The highest BCUT2D eigenvalue weighted by molar-refractivity contribution is 5.89. The highest BCUT2D eigenvalue weighted by atomic mass is 19.4. The maximum absolute atomic E-state index is 13.2. The molecule has 0 spiro atoms. The van der Waals surface area contributed by atoms with Gasteiger partial charge in [-0.25, -0.2) is 14.5 Å². The van der Waals surface area contributed by atoms with Crippen LogP contribution in [0.1, 0.15) is 57.6 Å². The summed E-state index contributed by atoms with van der Waals surface area (Å²) in [5.41, 5.74) is -1.66. The Kier molecular flexibility index (Phi) is 5.61. The highest BCUT2D eigenvalue weighted by Gasteiger charge is 2.36. The predicted octanol–water partition coefficient (Wildman–Crippen LogP) is 4.65. The lowest BCUT2D eigenvalue weighted by atomic mass is 10.2. The van der Waals surface area contributed by atoms with Crippen LogP contribution < -0.4 is 5.32 Å². The molecule has 160 valence electrons. The molecule has 0 aliphatic carbocycles. The van der Waals surface area contributed by atoms with Gasteiger partial charge in [0.25, 0.3) is 0 Å². The number of halogens is 3. The van der Waals surface area contributed by atoms with Crippen LogP contribution >= 0.6 is 0 Å². The van der Waals surface area contributed by atoms with E-state index in [4.69, 9.17) is 9.47 Å². The zero-order valence-electron chi connectivity index (χ0n) is 16.7. The number of aromatic amines is 1. The average molecular weight is 415 g/mol. The van der Waals surface area contributed by atoms with Gasteiger partial charge in [-0.1, -0.05) is 0 Å². The van der Waals surface area contributed by atoms with Crippen molar-refractivity contribution < 1.29 is 27.4 Å². The number of nitrogens with zero attached hydrogens (tertiary/aromatic N) is 3. The lowest BCUT2D eigenvalue weighted by Gasteiger charge is -2.22. The monoisotopic (exact) mass is 415 g/mol. The average Bonchev–Trinajstić information content (AvgIpc) is 3.17. The summed E-state index contributed by atoms with van der Waals surface area (Å²) in [5, 5.41) is 6.90. The van der Waals surface area contributed by atoms with Crippen molar-refractivity contribution >= 4 is 11.8 Å². The molecular formula is C18H24F3N5O3. The number of hydrogen-bond acceptors (Lipinski definition) is 5. The molecule has 2 aromatic rings. The van der Waals surface area contributed by atoms with Gasteiger partial charge in [-0.05, 0) is 47.0 Å². The number of aryl methyl sites for hydroxylation is 1. The van der Waals surface area contributed by atoms with E-state index in [2.05, 4.69) is 20.4 Å². The molecule has 0 saturated carbocycles. The lowest BCUT2D eigenvalue weighted by molar-refractivity contribution is -0.141. The van der Waals surface area contributed by atoms with Crippen LogP contribution in [0.2, 0.25) is 0 Å². The summed E-state index contributed by atoms with van der Waals surface area (Å²) in [5.74, 6) is -0.101. The van der Waals surface area contributed by atoms with Crippen LogP contribution in [0.25, 0.3) is 11.5 Å². The Hall–Kier alpha value is -2.56. The molecule has 1 unspecified atom stereocenters. The van der Waals surface area contributed by atoms with Crippen LogP contribution in [0, 0.1) is 6.92 Å². The quantitative estimate of drug-likeness (QED) is 0.761. The maximum atomic E-state index is 13.2. The van der Waals surface area contributed by atoms with Crippen molar-refractivity contribution in [3.05, 3.63) is 17.6 Å². The topological polar surface area (TPSA) is 94.1 Å². The van der Waals surface area contributed by atoms with E-state index in [1.54, 1.807) is 20.8 Å². The Morgan fingerprint density at radius 1 is 1.34 bits per heavy atom. The van der Waals surface area contributed by atoms with Crippen molar-refractivity contribution in [1.29, 1.82) is 0 Å².